The highest BCUT2D eigenvalue weighted by Gasteiger charge is 2.33. The molecule has 0 spiro atoms. The number of benzene rings is 3. The maximum Gasteiger partial charge on any atom is 0.303 e. The SMILES string of the molecule is COc1ccc(-c2ccccc2C(SCC(=O)c2ccccc2)C(OC(C)=O)C(N)=O)cc1. The molecule has 0 aliphatic carbocycles. The number of methoxy groups -OCH3 is 1. The number of thioether (sulfide) groups is 1. The van der Waals surface area contributed by atoms with Gasteiger partial charge in [0.25, 0.3) is 5.91 Å². The fourth-order valence-electron chi connectivity index (χ4n) is 3.44. The van der Waals surface area contributed by atoms with Crippen LogP contribution in [-0.4, -0.2) is 36.6 Å². The molecule has 0 radical (unpaired) electrons. The number of amides is 1. The maximum absolute atomic E-state index is 12.8. The smallest absolute Gasteiger partial charge is 0.303 e. The standard InChI is InChI=1S/C26H25NO5S/c1-17(28)32-24(26(27)30)25(33-16-23(29)19-8-4-3-5-9-19)22-11-7-6-10-21(22)18-12-14-20(31-2)15-13-18/h3-15,24-25H,16H2,1-2H3,(H2,27,30). The van der Waals surface area contributed by atoms with Crippen LogP contribution in [0.25, 0.3) is 11.1 Å². The second-order valence-electron chi connectivity index (χ2n) is 7.27. The Morgan fingerprint density at radius 1 is 0.909 bits per heavy atom. The molecular weight excluding hydrogens is 438 g/mol. The molecule has 3 rings (SSSR count). The summed E-state index contributed by atoms with van der Waals surface area (Å²) in [6, 6.07) is 23.8. The largest absolute Gasteiger partial charge is 0.497 e. The number of rotatable bonds is 10. The van der Waals surface area contributed by atoms with E-state index in [1.54, 1.807) is 31.4 Å². The molecule has 0 aromatic heterocycles. The van der Waals surface area contributed by atoms with E-state index in [2.05, 4.69) is 0 Å². The first-order chi connectivity index (χ1) is 15.9. The highest BCUT2D eigenvalue weighted by molar-refractivity contribution is 8.00. The van der Waals surface area contributed by atoms with Gasteiger partial charge in [-0.05, 0) is 28.8 Å². The fraction of sp³-hybridized carbons (Fsp3) is 0.192. The van der Waals surface area contributed by atoms with Gasteiger partial charge >= 0.3 is 5.97 Å². The molecule has 3 aromatic carbocycles. The number of hydrogen-bond donors (Lipinski definition) is 1. The number of carbonyl (C=O) groups excluding carboxylic acids is 3. The van der Waals surface area contributed by atoms with Crippen LogP contribution in [0.4, 0.5) is 0 Å². The molecule has 2 atom stereocenters. The summed E-state index contributed by atoms with van der Waals surface area (Å²) in [5.41, 5.74) is 8.66. The van der Waals surface area contributed by atoms with Gasteiger partial charge in [0.2, 0.25) is 0 Å². The van der Waals surface area contributed by atoms with Gasteiger partial charge in [-0.2, -0.15) is 0 Å². The molecule has 1 amide bonds. The first-order valence-electron chi connectivity index (χ1n) is 10.3. The van der Waals surface area contributed by atoms with E-state index in [0.29, 0.717) is 11.3 Å². The molecule has 2 N–H and O–H groups in total. The minimum Gasteiger partial charge on any atom is -0.497 e. The summed E-state index contributed by atoms with van der Waals surface area (Å²) in [6.07, 6.45) is -1.24. The van der Waals surface area contributed by atoms with Crippen molar-refractivity contribution in [2.75, 3.05) is 12.9 Å². The predicted molar refractivity (Wildman–Crippen MR) is 129 cm³/mol. The highest BCUT2D eigenvalue weighted by atomic mass is 32.2. The first kappa shape index (κ1) is 24.1. The van der Waals surface area contributed by atoms with Crippen molar-refractivity contribution in [2.24, 2.45) is 5.73 Å². The summed E-state index contributed by atoms with van der Waals surface area (Å²) >= 11 is 1.22. The Morgan fingerprint density at radius 2 is 1.55 bits per heavy atom. The molecule has 0 heterocycles. The Balaban J connectivity index is 2.00. The van der Waals surface area contributed by atoms with Crippen LogP contribution in [0.3, 0.4) is 0 Å². The zero-order valence-corrected chi connectivity index (χ0v) is 19.2. The Hall–Kier alpha value is -3.58. The van der Waals surface area contributed by atoms with Gasteiger partial charge in [0.05, 0.1) is 18.1 Å². The van der Waals surface area contributed by atoms with Crippen molar-refractivity contribution in [3.8, 4) is 16.9 Å². The molecule has 0 bridgehead atoms. The van der Waals surface area contributed by atoms with E-state index in [4.69, 9.17) is 15.2 Å². The van der Waals surface area contributed by atoms with Gasteiger partial charge in [-0.3, -0.25) is 14.4 Å². The topological polar surface area (TPSA) is 95.7 Å². The molecule has 3 aromatic rings. The molecule has 0 aliphatic rings. The van der Waals surface area contributed by atoms with Crippen LogP contribution in [0.15, 0.2) is 78.9 Å². The number of ketones is 1. The van der Waals surface area contributed by atoms with Crippen molar-refractivity contribution in [3.63, 3.8) is 0 Å². The lowest BCUT2D eigenvalue weighted by atomic mass is 9.95. The van der Waals surface area contributed by atoms with Crippen LogP contribution in [0.2, 0.25) is 0 Å². The van der Waals surface area contributed by atoms with Crippen LogP contribution in [0.5, 0.6) is 5.75 Å². The van der Waals surface area contributed by atoms with Gasteiger partial charge in [0.15, 0.2) is 11.9 Å². The third kappa shape index (κ3) is 6.23. The van der Waals surface area contributed by atoms with Crippen molar-refractivity contribution in [2.45, 2.75) is 18.3 Å². The van der Waals surface area contributed by atoms with E-state index in [1.807, 2.05) is 54.6 Å². The molecule has 170 valence electrons. The number of Topliss-reactive ketones (excluding diaryl/α,β-unsaturated/α-hetero) is 1. The summed E-state index contributed by atoms with van der Waals surface area (Å²) in [5, 5.41) is -0.683. The van der Waals surface area contributed by atoms with E-state index in [-0.39, 0.29) is 11.5 Å². The Morgan fingerprint density at radius 3 is 2.15 bits per heavy atom. The summed E-state index contributed by atoms with van der Waals surface area (Å²) < 4.78 is 10.6. The second kappa shape index (κ2) is 11.3. The van der Waals surface area contributed by atoms with Crippen molar-refractivity contribution in [3.05, 3.63) is 90.0 Å². The normalized spacial score (nSPS) is 12.4. The van der Waals surface area contributed by atoms with Gasteiger partial charge in [0.1, 0.15) is 5.75 Å². The van der Waals surface area contributed by atoms with Crippen molar-refractivity contribution >= 4 is 29.4 Å². The average molecular weight is 464 g/mol. The van der Waals surface area contributed by atoms with Crippen LogP contribution in [-0.2, 0) is 14.3 Å². The fourth-order valence-corrected chi connectivity index (χ4v) is 4.69. The van der Waals surface area contributed by atoms with E-state index in [0.717, 1.165) is 16.7 Å². The lowest BCUT2D eigenvalue weighted by Gasteiger charge is -2.26. The quantitative estimate of drug-likeness (QED) is 0.353. The van der Waals surface area contributed by atoms with Crippen LogP contribution >= 0.6 is 11.8 Å². The predicted octanol–water partition coefficient (Wildman–Crippen LogP) is 4.44. The van der Waals surface area contributed by atoms with Gasteiger partial charge in [-0.1, -0.05) is 66.7 Å². The van der Waals surface area contributed by atoms with Crippen molar-refractivity contribution < 1.29 is 23.9 Å². The summed E-state index contributed by atoms with van der Waals surface area (Å²) in [7, 11) is 1.59. The number of ether oxygens (including phenoxy) is 2. The van der Waals surface area contributed by atoms with Gasteiger partial charge < -0.3 is 15.2 Å². The lowest BCUT2D eigenvalue weighted by Crippen LogP contribution is -2.37. The second-order valence-corrected chi connectivity index (χ2v) is 8.40. The molecule has 0 saturated heterocycles. The number of hydrogen-bond acceptors (Lipinski definition) is 6. The van der Waals surface area contributed by atoms with E-state index < -0.39 is 23.2 Å². The molecule has 7 heteroatoms. The van der Waals surface area contributed by atoms with E-state index >= 15 is 0 Å². The Bertz CT molecular complexity index is 1120. The molecule has 0 saturated carbocycles. The summed E-state index contributed by atoms with van der Waals surface area (Å²) in [5.74, 6) is -0.708. The van der Waals surface area contributed by atoms with E-state index in [9.17, 15) is 14.4 Å². The lowest BCUT2D eigenvalue weighted by molar-refractivity contribution is -0.152. The third-order valence-electron chi connectivity index (χ3n) is 5.01. The van der Waals surface area contributed by atoms with Crippen LogP contribution in [0, 0.1) is 0 Å². The monoisotopic (exact) mass is 463 g/mol. The van der Waals surface area contributed by atoms with Crippen molar-refractivity contribution in [1.29, 1.82) is 0 Å². The summed E-state index contributed by atoms with van der Waals surface area (Å²) in [4.78, 5) is 36.8. The van der Waals surface area contributed by atoms with Crippen LogP contribution in [0.1, 0.15) is 28.1 Å². The zero-order valence-electron chi connectivity index (χ0n) is 18.4. The van der Waals surface area contributed by atoms with E-state index in [1.165, 1.54) is 18.7 Å². The Kier molecular flexibility index (Phi) is 8.27. The third-order valence-corrected chi connectivity index (χ3v) is 6.30. The highest BCUT2D eigenvalue weighted by Crippen LogP contribution is 2.40. The average Bonchev–Trinajstić information content (AvgIpc) is 2.84. The first-order valence-corrected chi connectivity index (χ1v) is 11.4. The van der Waals surface area contributed by atoms with Crippen LogP contribution < -0.4 is 10.5 Å². The zero-order chi connectivity index (χ0) is 23.8. The maximum atomic E-state index is 12.8. The van der Waals surface area contributed by atoms with Gasteiger partial charge in [-0.25, -0.2) is 0 Å². The molecule has 2 unspecified atom stereocenters. The molecule has 0 aliphatic heterocycles. The molecule has 6 nitrogen and oxygen atoms in total. The number of carbonyl (C=O) groups is 3. The molecule has 33 heavy (non-hydrogen) atoms. The minimum absolute atomic E-state index is 0.0800. The number of esters is 1. The number of primary amides is 1. The van der Waals surface area contributed by atoms with Gasteiger partial charge in [0, 0.05) is 12.5 Å². The Labute approximate surface area is 197 Å². The minimum atomic E-state index is -1.24. The molecular formula is C26H25NO5S. The van der Waals surface area contributed by atoms with Gasteiger partial charge in [-0.15, -0.1) is 11.8 Å². The number of nitrogens with two attached hydrogens (primary N) is 1. The molecule has 0 fully saturated rings. The van der Waals surface area contributed by atoms with Crippen molar-refractivity contribution in [1.82, 2.24) is 0 Å². The summed E-state index contributed by atoms with van der Waals surface area (Å²) in [6.45, 7) is 1.22.